The van der Waals surface area contributed by atoms with Gasteiger partial charge in [-0.05, 0) is 49.7 Å². The van der Waals surface area contributed by atoms with Crippen LogP contribution in [0.25, 0.3) is 0 Å². The number of aryl methyl sites for hydroxylation is 1. The van der Waals surface area contributed by atoms with E-state index in [2.05, 4.69) is 4.98 Å². The molecular formula is C21H21FN2O2S. The fraction of sp³-hybridized carbons (Fsp3) is 0.238. The van der Waals surface area contributed by atoms with Gasteiger partial charge in [0.15, 0.2) is 0 Å². The summed E-state index contributed by atoms with van der Waals surface area (Å²) in [7, 11) is 0. The number of carbonyl (C=O) groups excluding carboxylic acids is 1. The van der Waals surface area contributed by atoms with Gasteiger partial charge in [0.25, 0.3) is 5.91 Å². The number of hydrogen-bond acceptors (Lipinski definition) is 4. The van der Waals surface area contributed by atoms with Crippen LogP contribution in [0, 0.1) is 12.7 Å². The number of thiazole rings is 1. The molecule has 1 heterocycles. The summed E-state index contributed by atoms with van der Waals surface area (Å²) in [4.78, 5) is 18.9. The highest BCUT2D eigenvalue weighted by atomic mass is 32.1. The third-order valence-corrected chi connectivity index (χ3v) is 4.89. The van der Waals surface area contributed by atoms with Crippen LogP contribution < -0.4 is 4.74 Å². The van der Waals surface area contributed by atoms with E-state index in [1.165, 1.54) is 12.1 Å². The number of carbonyl (C=O) groups is 1. The van der Waals surface area contributed by atoms with E-state index in [-0.39, 0.29) is 11.7 Å². The first-order valence-corrected chi connectivity index (χ1v) is 9.60. The Bertz CT molecular complexity index is 926. The van der Waals surface area contributed by atoms with Crippen LogP contribution in [0.4, 0.5) is 4.39 Å². The van der Waals surface area contributed by atoms with Crippen molar-refractivity contribution in [3.63, 3.8) is 0 Å². The Morgan fingerprint density at radius 3 is 2.74 bits per heavy atom. The van der Waals surface area contributed by atoms with Crippen LogP contribution in [0.2, 0.25) is 0 Å². The summed E-state index contributed by atoms with van der Waals surface area (Å²) in [5.41, 5.74) is 2.17. The molecule has 6 heteroatoms. The highest BCUT2D eigenvalue weighted by Crippen LogP contribution is 2.18. The second-order valence-electron chi connectivity index (χ2n) is 6.12. The second kappa shape index (κ2) is 8.77. The number of nitrogens with zero attached hydrogens (tertiary/aromatic N) is 2. The highest BCUT2D eigenvalue weighted by molar-refractivity contribution is 7.09. The van der Waals surface area contributed by atoms with Gasteiger partial charge in [-0.1, -0.05) is 18.2 Å². The summed E-state index contributed by atoms with van der Waals surface area (Å²) in [6, 6.07) is 13.4. The maximum Gasteiger partial charge on any atom is 0.254 e. The van der Waals surface area contributed by atoms with Crippen LogP contribution in [0.5, 0.6) is 5.75 Å². The largest absolute Gasteiger partial charge is 0.487 e. The highest BCUT2D eigenvalue weighted by Gasteiger charge is 2.15. The molecule has 1 aromatic heterocycles. The monoisotopic (exact) mass is 384 g/mol. The van der Waals surface area contributed by atoms with E-state index < -0.39 is 0 Å². The van der Waals surface area contributed by atoms with Gasteiger partial charge in [-0.3, -0.25) is 4.79 Å². The quantitative estimate of drug-likeness (QED) is 0.586. The van der Waals surface area contributed by atoms with Crippen LogP contribution >= 0.6 is 11.3 Å². The number of amides is 1. The van der Waals surface area contributed by atoms with Gasteiger partial charge < -0.3 is 9.64 Å². The molecule has 1 amide bonds. The van der Waals surface area contributed by atoms with Crippen LogP contribution in [0.15, 0.2) is 53.9 Å². The Labute approximate surface area is 162 Å². The second-order valence-corrected chi connectivity index (χ2v) is 7.19. The van der Waals surface area contributed by atoms with Crippen LogP contribution in [-0.4, -0.2) is 22.3 Å². The number of rotatable bonds is 7. The fourth-order valence-electron chi connectivity index (χ4n) is 2.72. The SMILES string of the molecule is CCN(Cc1cccc(F)c1)C(=O)c1cccc(OCc2csc(C)n2)c1. The molecule has 4 nitrogen and oxygen atoms in total. The van der Waals surface area contributed by atoms with Gasteiger partial charge in [-0.15, -0.1) is 11.3 Å². The summed E-state index contributed by atoms with van der Waals surface area (Å²) in [5.74, 6) is 0.203. The van der Waals surface area contributed by atoms with E-state index in [1.807, 2.05) is 31.4 Å². The Balaban J connectivity index is 1.69. The first kappa shape index (κ1) is 19.0. The minimum atomic E-state index is -0.302. The average molecular weight is 384 g/mol. The zero-order valence-corrected chi connectivity index (χ0v) is 16.1. The fourth-order valence-corrected chi connectivity index (χ4v) is 3.31. The molecule has 0 saturated carbocycles. The molecule has 0 radical (unpaired) electrons. The molecule has 3 rings (SSSR count). The summed E-state index contributed by atoms with van der Waals surface area (Å²) in [6.45, 7) is 5.10. The van der Waals surface area contributed by atoms with E-state index in [0.29, 0.717) is 31.0 Å². The number of halogens is 1. The van der Waals surface area contributed by atoms with Gasteiger partial charge in [-0.25, -0.2) is 9.37 Å². The van der Waals surface area contributed by atoms with Crippen molar-refractivity contribution in [2.45, 2.75) is 27.0 Å². The van der Waals surface area contributed by atoms with Crippen molar-refractivity contribution in [2.24, 2.45) is 0 Å². The van der Waals surface area contributed by atoms with Crippen LogP contribution in [0.3, 0.4) is 0 Å². The van der Waals surface area contributed by atoms with E-state index >= 15 is 0 Å². The molecular weight excluding hydrogens is 363 g/mol. The first-order valence-electron chi connectivity index (χ1n) is 8.72. The van der Waals surface area contributed by atoms with Crippen molar-refractivity contribution in [3.05, 3.63) is 81.6 Å². The van der Waals surface area contributed by atoms with E-state index in [1.54, 1.807) is 40.5 Å². The normalized spacial score (nSPS) is 10.6. The summed E-state index contributed by atoms with van der Waals surface area (Å²) in [5, 5.41) is 2.95. The minimum absolute atomic E-state index is 0.114. The number of hydrogen-bond donors (Lipinski definition) is 0. The molecule has 3 aromatic rings. The molecule has 0 bridgehead atoms. The Kier molecular flexibility index (Phi) is 6.19. The number of benzene rings is 2. The third-order valence-electron chi connectivity index (χ3n) is 4.07. The predicted molar refractivity (Wildman–Crippen MR) is 104 cm³/mol. The lowest BCUT2D eigenvalue weighted by Gasteiger charge is -2.21. The molecule has 140 valence electrons. The predicted octanol–water partition coefficient (Wildman–Crippen LogP) is 4.83. The van der Waals surface area contributed by atoms with Gasteiger partial charge in [-0.2, -0.15) is 0 Å². The summed E-state index contributed by atoms with van der Waals surface area (Å²) >= 11 is 1.58. The third kappa shape index (κ3) is 5.14. The van der Waals surface area contributed by atoms with Gasteiger partial charge in [0, 0.05) is 24.0 Å². The molecule has 27 heavy (non-hydrogen) atoms. The van der Waals surface area contributed by atoms with Crippen LogP contribution in [-0.2, 0) is 13.2 Å². The molecule has 0 aliphatic carbocycles. The molecule has 0 N–H and O–H groups in total. The molecule has 0 aliphatic heterocycles. The lowest BCUT2D eigenvalue weighted by molar-refractivity contribution is 0.0752. The van der Waals surface area contributed by atoms with Gasteiger partial charge >= 0.3 is 0 Å². The molecule has 0 spiro atoms. The van der Waals surface area contributed by atoms with Gasteiger partial charge in [0.1, 0.15) is 18.2 Å². The van der Waals surface area contributed by atoms with Crippen molar-refractivity contribution in [2.75, 3.05) is 6.54 Å². The lowest BCUT2D eigenvalue weighted by atomic mass is 10.1. The van der Waals surface area contributed by atoms with Gasteiger partial charge in [0.05, 0.1) is 10.7 Å². The Morgan fingerprint density at radius 2 is 2.04 bits per heavy atom. The van der Waals surface area contributed by atoms with Crippen LogP contribution in [0.1, 0.15) is 33.5 Å². The first-order chi connectivity index (χ1) is 13.0. The Morgan fingerprint density at radius 1 is 1.22 bits per heavy atom. The topological polar surface area (TPSA) is 42.4 Å². The maximum atomic E-state index is 13.4. The maximum absolute atomic E-state index is 13.4. The smallest absolute Gasteiger partial charge is 0.254 e. The number of ether oxygens (including phenoxy) is 1. The zero-order valence-electron chi connectivity index (χ0n) is 15.3. The lowest BCUT2D eigenvalue weighted by Crippen LogP contribution is -2.30. The van der Waals surface area contributed by atoms with Crippen molar-refractivity contribution in [1.29, 1.82) is 0 Å². The van der Waals surface area contributed by atoms with Crippen molar-refractivity contribution >= 4 is 17.2 Å². The van der Waals surface area contributed by atoms with E-state index in [0.717, 1.165) is 16.3 Å². The van der Waals surface area contributed by atoms with Crippen molar-refractivity contribution < 1.29 is 13.9 Å². The Hall–Kier alpha value is -2.73. The van der Waals surface area contributed by atoms with Crippen molar-refractivity contribution in [3.8, 4) is 5.75 Å². The molecule has 0 unspecified atom stereocenters. The average Bonchev–Trinajstić information content (AvgIpc) is 3.09. The van der Waals surface area contributed by atoms with E-state index in [4.69, 9.17) is 4.74 Å². The summed E-state index contributed by atoms with van der Waals surface area (Å²) in [6.07, 6.45) is 0. The molecule has 0 saturated heterocycles. The minimum Gasteiger partial charge on any atom is -0.487 e. The standard InChI is InChI=1S/C21H21FN2O2S/c1-3-24(12-16-6-4-8-18(22)10-16)21(25)17-7-5-9-20(11-17)26-13-19-14-27-15(2)23-19/h4-11,14H,3,12-13H2,1-2H3. The zero-order chi connectivity index (χ0) is 19.2. The van der Waals surface area contributed by atoms with Crippen molar-refractivity contribution in [1.82, 2.24) is 9.88 Å². The molecule has 0 aliphatic rings. The molecule has 0 atom stereocenters. The summed E-state index contributed by atoms with van der Waals surface area (Å²) < 4.78 is 19.2. The molecule has 2 aromatic carbocycles. The molecule has 0 fully saturated rings. The van der Waals surface area contributed by atoms with E-state index in [9.17, 15) is 9.18 Å². The number of aromatic nitrogens is 1. The van der Waals surface area contributed by atoms with Gasteiger partial charge in [0.2, 0.25) is 0 Å².